The number of amides is 1. The number of carbonyl (C=O) groups is 1. The number of nitrogens with zero attached hydrogens (tertiary/aromatic N) is 2. The zero-order valence-corrected chi connectivity index (χ0v) is 14.4. The lowest BCUT2D eigenvalue weighted by Crippen LogP contribution is -2.34. The van der Waals surface area contributed by atoms with Crippen LogP contribution >= 0.6 is 0 Å². The zero-order valence-electron chi connectivity index (χ0n) is 14.4. The van der Waals surface area contributed by atoms with Gasteiger partial charge in [-0.3, -0.25) is 9.78 Å². The second kappa shape index (κ2) is 6.04. The van der Waals surface area contributed by atoms with Gasteiger partial charge in [-0.15, -0.1) is 0 Å². The molecule has 24 heavy (non-hydrogen) atoms. The van der Waals surface area contributed by atoms with Crippen LogP contribution < -0.4 is 0 Å². The van der Waals surface area contributed by atoms with Crippen LogP contribution in [-0.4, -0.2) is 22.8 Å². The standard InChI is InChI=1S/C21H24N2O/c1-14-9-11-15(12-10-14)20(18-8-3-4-13-22-18)23(2)21(24)19-16-6-5-7-17(16)19/h3-4,8-13,16-17,19-20H,5-7H2,1-2H3. The fourth-order valence-corrected chi connectivity index (χ4v) is 4.43. The number of benzene rings is 1. The second-order valence-electron chi connectivity index (χ2n) is 7.30. The van der Waals surface area contributed by atoms with E-state index < -0.39 is 0 Å². The molecule has 0 radical (unpaired) electrons. The first kappa shape index (κ1) is 15.4. The van der Waals surface area contributed by atoms with Gasteiger partial charge in [-0.25, -0.2) is 0 Å². The molecule has 1 amide bonds. The van der Waals surface area contributed by atoms with Gasteiger partial charge in [-0.1, -0.05) is 42.3 Å². The van der Waals surface area contributed by atoms with E-state index in [9.17, 15) is 4.79 Å². The molecule has 4 rings (SSSR count). The summed E-state index contributed by atoms with van der Waals surface area (Å²) in [6, 6.07) is 14.3. The molecule has 1 heterocycles. The first-order chi connectivity index (χ1) is 11.7. The van der Waals surface area contributed by atoms with Crippen molar-refractivity contribution in [2.24, 2.45) is 17.8 Å². The smallest absolute Gasteiger partial charge is 0.226 e. The summed E-state index contributed by atoms with van der Waals surface area (Å²) in [5.41, 5.74) is 3.29. The summed E-state index contributed by atoms with van der Waals surface area (Å²) in [5.74, 6) is 1.83. The normalized spacial score (nSPS) is 25.8. The molecule has 0 N–H and O–H groups in total. The van der Waals surface area contributed by atoms with Crippen LogP contribution in [-0.2, 0) is 4.79 Å². The Morgan fingerprint density at radius 2 is 1.83 bits per heavy atom. The van der Waals surface area contributed by atoms with Gasteiger partial charge in [0.15, 0.2) is 0 Å². The lowest BCUT2D eigenvalue weighted by molar-refractivity contribution is -0.133. The number of carbonyl (C=O) groups excluding carboxylic acids is 1. The predicted octanol–water partition coefficient (Wildman–Crippen LogP) is 3.98. The fourth-order valence-electron chi connectivity index (χ4n) is 4.43. The molecular weight excluding hydrogens is 296 g/mol. The summed E-state index contributed by atoms with van der Waals surface area (Å²) in [4.78, 5) is 19.5. The van der Waals surface area contributed by atoms with Gasteiger partial charge in [-0.2, -0.15) is 0 Å². The molecule has 124 valence electrons. The van der Waals surface area contributed by atoms with Crippen LogP contribution in [0, 0.1) is 24.7 Å². The molecule has 2 fully saturated rings. The van der Waals surface area contributed by atoms with Crippen LogP contribution in [0.5, 0.6) is 0 Å². The number of aryl methyl sites for hydroxylation is 1. The number of rotatable bonds is 4. The first-order valence-electron chi connectivity index (χ1n) is 8.91. The Morgan fingerprint density at radius 3 is 2.46 bits per heavy atom. The van der Waals surface area contributed by atoms with E-state index in [0.717, 1.165) is 11.3 Å². The highest BCUT2D eigenvalue weighted by molar-refractivity contribution is 5.83. The molecular formula is C21H24N2O. The molecule has 3 atom stereocenters. The maximum atomic E-state index is 13.1. The Morgan fingerprint density at radius 1 is 1.12 bits per heavy atom. The molecule has 3 heteroatoms. The highest BCUT2D eigenvalue weighted by Crippen LogP contribution is 2.58. The van der Waals surface area contributed by atoms with E-state index >= 15 is 0 Å². The molecule has 3 nitrogen and oxygen atoms in total. The van der Waals surface area contributed by atoms with Crippen LogP contribution in [0.15, 0.2) is 48.7 Å². The summed E-state index contributed by atoms with van der Waals surface area (Å²) in [5, 5.41) is 0. The van der Waals surface area contributed by atoms with E-state index in [-0.39, 0.29) is 12.0 Å². The van der Waals surface area contributed by atoms with Crippen molar-refractivity contribution < 1.29 is 4.79 Å². The molecule has 0 aliphatic heterocycles. The summed E-state index contributed by atoms with van der Waals surface area (Å²) in [6.07, 6.45) is 5.56. The molecule has 1 aromatic carbocycles. The van der Waals surface area contributed by atoms with Crippen LogP contribution in [0.1, 0.15) is 42.1 Å². The number of aromatic nitrogens is 1. The van der Waals surface area contributed by atoms with Crippen molar-refractivity contribution in [2.75, 3.05) is 7.05 Å². The van der Waals surface area contributed by atoms with Gasteiger partial charge in [0.1, 0.15) is 0 Å². The molecule has 1 aromatic heterocycles. The van der Waals surface area contributed by atoms with Crippen molar-refractivity contribution in [3.8, 4) is 0 Å². The van der Waals surface area contributed by atoms with Crippen molar-refractivity contribution in [2.45, 2.75) is 32.2 Å². The number of pyridine rings is 1. The molecule has 2 saturated carbocycles. The Balaban J connectivity index is 1.64. The van der Waals surface area contributed by atoms with Crippen LogP contribution in [0.3, 0.4) is 0 Å². The van der Waals surface area contributed by atoms with Gasteiger partial charge < -0.3 is 4.90 Å². The van der Waals surface area contributed by atoms with Crippen LogP contribution in [0.25, 0.3) is 0 Å². The first-order valence-corrected chi connectivity index (χ1v) is 8.91. The van der Waals surface area contributed by atoms with Gasteiger partial charge in [0.2, 0.25) is 5.91 Å². The van der Waals surface area contributed by atoms with Crippen molar-refractivity contribution in [1.82, 2.24) is 9.88 Å². The minimum Gasteiger partial charge on any atom is -0.333 e. The van der Waals surface area contributed by atoms with Crippen LogP contribution in [0.4, 0.5) is 0 Å². The van der Waals surface area contributed by atoms with Crippen molar-refractivity contribution in [1.29, 1.82) is 0 Å². The Bertz CT molecular complexity index is 715. The van der Waals surface area contributed by atoms with Crippen molar-refractivity contribution in [3.05, 3.63) is 65.5 Å². The molecule has 0 spiro atoms. The monoisotopic (exact) mass is 320 g/mol. The highest BCUT2D eigenvalue weighted by Gasteiger charge is 2.57. The third-order valence-corrected chi connectivity index (χ3v) is 5.79. The molecule has 2 aliphatic rings. The largest absolute Gasteiger partial charge is 0.333 e. The number of hydrogen-bond donors (Lipinski definition) is 0. The maximum absolute atomic E-state index is 13.1. The van der Waals surface area contributed by atoms with E-state index in [4.69, 9.17) is 0 Å². The third kappa shape index (κ3) is 2.62. The number of fused-ring (bicyclic) bond motifs is 1. The quantitative estimate of drug-likeness (QED) is 0.853. The van der Waals surface area contributed by atoms with E-state index in [2.05, 4.69) is 36.2 Å². The fraction of sp³-hybridized carbons (Fsp3) is 0.429. The minimum absolute atomic E-state index is 0.111. The Kier molecular flexibility index (Phi) is 3.87. The van der Waals surface area contributed by atoms with Crippen LogP contribution in [0.2, 0.25) is 0 Å². The highest BCUT2D eigenvalue weighted by atomic mass is 16.2. The average molecular weight is 320 g/mol. The van der Waals surface area contributed by atoms with E-state index in [0.29, 0.717) is 17.7 Å². The SMILES string of the molecule is Cc1ccc(C(c2ccccn2)N(C)C(=O)C2C3CCCC32)cc1. The third-order valence-electron chi connectivity index (χ3n) is 5.79. The Hall–Kier alpha value is -2.16. The minimum atomic E-state index is -0.111. The van der Waals surface area contributed by atoms with Gasteiger partial charge in [0.05, 0.1) is 11.7 Å². The van der Waals surface area contributed by atoms with Gasteiger partial charge >= 0.3 is 0 Å². The summed E-state index contributed by atoms with van der Waals surface area (Å²) in [6.45, 7) is 2.08. The lowest BCUT2D eigenvalue weighted by atomic mass is 9.99. The second-order valence-corrected chi connectivity index (χ2v) is 7.30. The number of hydrogen-bond acceptors (Lipinski definition) is 2. The zero-order chi connectivity index (χ0) is 16.7. The lowest BCUT2D eigenvalue weighted by Gasteiger charge is -2.29. The summed E-state index contributed by atoms with van der Waals surface area (Å²) >= 11 is 0. The van der Waals surface area contributed by atoms with E-state index in [1.54, 1.807) is 6.20 Å². The Labute approximate surface area is 143 Å². The maximum Gasteiger partial charge on any atom is 0.226 e. The molecule has 2 aliphatic carbocycles. The summed E-state index contributed by atoms with van der Waals surface area (Å²) in [7, 11) is 1.94. The summed E-state index contributed by atoms with van der Waals surface area (Å²) < 4.78 is 0. The predicted molar refractivity (Wildman–Crippen MR) is 94.4 cm³/mol. The molecule has 2 aromatic rings. The molecule has 3 unspecified atom stereocenters. The molecule has 0 bridgehead atoms. The van der Waals surface area contributed by atoms with Gasteiger partial charge in [0.25, 0.3) is 0 Å². The van der Waals surface area contributed by atoms with E-state index in [1.807, 2.05) is 30.1 Å². The average Bonchev–Trinajstić information content (AvgIpc) is 3.08. The van der Waals surface area contributed by atoms with Crippen molar-refractivity contribution >= 4 is 5.91 Å². The van der Waals surface area contributed by atoms with Gasteiger partial charge in [0, 0.05) is 19.2 Å². The molecule has 0 saturated heterocycles. The van der Waals surface area contributed by atoms with Crippen molar-refractivity contribution in [3.63, 3.8) is 0 Å². The van der Waals surface area contributed by atoms with Gasteiger partial charge in [-0.05, 0) is 49.3 Å². The topological polar surface area (TPSA) is 33.2 Å². The van der Waals surface area contributed by atoms with E-state index in [1.165, 1.54) is 24.8 Å².